The molecule has 0 aromatic heterocycles. The minimum absolute atomic E-state index is 0. The molecule has 164 valence electrons. The van der Waals surface area contributed by atoms with E-state index in [2.05, 4.69) is 20.9 Å². The third-order valence-corrected chi connectivity index (χ3v) is 3.89. The molecule has 0 saturated heterocycles. The van der Waals surface area contributed by atoms with E-state index in [1.807, 2.05) is 6.07 Å². The Morgan fingerprint density at radius 1 is 1.03 bits per heavy atom. The van der Waals surface area contributed by atoms with Crippen molar-refractivity contribution in [3.05, 3.63) is 53.3 Å². The highest BCUT2D eigenvalue weighted by Gasteiger charge is 2.15. The van der Waals surface area contributed by atoms with Crippen LogP contribution in [0, 0.1) is 17.5 Å². The minimum atomic E-state index is -1.65. The Labute approximate surface area is 189 Å². The largest absolute Gasteiger partial charge is 0.497 e. The molecule has 11 heteroatoms. The van der Waals surface area contributed by atoms with Crippen LogP contribution in [0.2, 0.25) is 0 Å². The van der Waals surface area contributed by atoms with Crippen molar-refractivity contribution < 1.29 is 27.4 Å². The molecular formula is C19H22F3IN4O3. The van der Waals surface area contributed by atoms with E-state index in [9.17, 15) is 18.0 Å². The Balaban J connectivity index is 0.00000450. The third-order valence-electron chi connectivity index (χ3n) is 3.89. The molecule has 0 radical (unpaired) electrons. The summed E-state index contributed by atoms with van der Waals surface area (Å²) in [5, 5.41) is 7.90. The van der Waals surface area contributed by atoms with Crippen molar-refractivity contribution in [3.63, 3.8) is 0 Å². The topological polar surface area (TPSA) is 84.0 Å². The Morgan fingerprint density at radius 3 is 2.40 bits per heavy atom. The van der Waals surface area contributed by atoms with Crippen molar-refractivity contribution >= 4 is 41.5 Å². The molecule has 2 aromatic rings. The number of carbonyl (C=O) groups is 1. The molecule has 3 N–H and O–H groups in total. The summed E-state index contributed by atoms with van der Waals surface area (Å²) in [7, 11) is 4.59. The van der Waals surface area contributed by atoms with Gasteiger partial charge in [-0.1, -0.05) is 0 Å². The first-order valence-corrected chi connectivity index (χ1v) is 8.48. The summed E-state index contributed by atoms with van der Waals surface area (Å²) in [6.45, 7) is 0.0596. The number of halogens is 4. The lowest BCUT2D eigenvalue weighted by Gasteiger charge is -2.14. The van der Waals surface area contributed by atoms with E-state index in [-0.39, 0.29) is 30.5 Å². The van der Waals surface area contributed by atoms with Crippen LogP contribution in [-0.2, 0) is 11.3 Å². The van der Waals surface area contributed by atoms with E-state index in [0.717, 1.165) is 17.7 Å². The second-order valence-electron chi connectivity index (χ2n) is 5.73. The normalized spacial score (nSPS) is 10.7. The number of benzene rings is 2. The SMILES string of the molecule is CN=C(NCC(=O)Nc1ccc(F)c(F)c1F)NCc1ccc(OC)cc1OC.I. The molecule has 0 saturated carbocycles. The molecule has 1 amide bonds. The van der Waals surface area contributed by atoms with E-state index in [1.165, 1.54) is 14.2 Å². The first-order valence-electron chi connectivity index (χ1n) is 8.48. The minimum Gasteiger partial charge on any atom is -0.497 e. The van der Waals surface area contributed by atoms with Crippen LogP contribution in [0.5, 0.6) is 11.5 Å². The van der Waals surface area contributed by atoms with Crippen molar-refractivity contribution in [2.75, 3.05) is 33.1 Å². The van der Waals surface area contributed by atoms with Crippen LogP contribution in [0.3, 0.4) is 0 Å². The van der Waals surface area contributed by atoms with Gasteiger partial charge in [0.15, 0.2) is 23.4 Å². The number of carbonyl (C=O) groups excluding carboxylic acids is 1. The number of amides is 1. The van der Waals surface area contributed by atoms with Gasteiger partial charge in [-0.3, -0.25) is 9.79 Å². The van der Waals surface area contributed by atoms with Gasteiger partial charge in [-0.2, -0.15) is 0 Å². The standard InChI is InChI=1S/C19H21F3N4O3.HI/c1-23-19(24-9-11-4-5-12(28-2)8-15(11)29-3)25-10-16(27)26-14-7-6-13(20)17(21)18(14)22;/h4-8H,9-10H2,1-3H3,(H,26,27)(H2,23,24,25);1H. The zero-order chi connectivity index (χ0) is 21.4. The van der Waals surface area contributed by atoms with E-state index < -0.39 is 29.0 Å². The maximum absolute atomic E-state index is 13.6. The number of ether oxygens (including phenoxy) is 2. The van der Waals surface area contributed by atoms with Crippen molar-refractivity contribution in [2.45, 2.75) is 6.54 Å². The predicted molar refractivity (Wildman–Crippen MR) is 118 cm³/mol. The molecule has 30 heavy (non-hydrogen) atoms. The Hall–Kier alpha value is -2.70. The fraction of sp³-hybridized carbons (Fsp3) is 0.263. The highest BCUT2D eigenvalue weighted by atomic mass is 127. The Morgan fingerprint density at radius 2 is 1.77 bits per heavy atom. The van der Waals surface area contributed by atoms with Crippen molar-refractivity contribution in [1.82, 2.24) is 10.6 Å². The van der Waals surface area contributed by atoms with Gasteiger partial charge in [0, 0.05) is 25.2 Å². The van der Waals surface area contributed by atoms with E-state index in [1.54, 1.807) is 19.2 Å². The second-order valence-corrected chi connectivity index (χ2v) is 5.73. The van der Waals surface area contributed by atoms with E-state index in [0.29, 0.717) is 24.0 Å². The molecule has 0 heterocycles. The van der Waals surface area contributed by atoms with Crippen LogP contribution in [0.4, 0.5) is 18.9 Å². The summed E-state index contributed by atoms with van der Waals surface area (Å²) in [6.07, 6.45) is 0. The van der Waals surface area contributed by atoms with Gasteiger partial charge in [-0.25, -0.2) is 13.2 Å². The maximum atomic E-state index is 13.6. The number of guanidine groups is 1. The Bertz CT molecular complexity index is 913. The van der Waals surface area contributed by atoms with E-state index >= 15 is 0 Å². The molecule has 0 aliphatic carbocycles. The van der Waals surface area contributed by atoms with Gasteiger partial charge in [0.25, 0.3) is 0 Å². The number of rotatable bonds is 7. The zero-order valence-electron chi connectivity index (χ0n) is 16.5. The van der Waals surface area contributed by atoms with Crippen molar-refractivity contribution in [2.24, 2.45) is 4.99 Å². The van der Waals surface area contributed by atoms with Gasteiger partial charge in [0.2, 0.25) is 5.91 Å². The first-order chi connectivity index (χ1) is 13.9. The third kappa shape index (κ3) is 6.68. The molecular weight excluding hydrogens is 516 g/mol. The molecule has 0 bridgehead atoms. The predicted octanol–water partition coefficient (Wildman–Crippen LogP) is 3.04. The van der Waals surface area contributed by atoms with Crippen LogP contribution < -0.4 is 25.4 Å². The lowest BCUT2D eigenvalue weighted by molar-refractivity contribution is -0.115. The lowest BCUT2D eigenvalue weighted by atomic mass is 10.2. The number of methoxy groups -OCH3 is 2. The summed E-state index contributed by atoms with van der Waals surface area (Å²) in [5.74, 6) is -3.57. The van der Waals surface area contributed by atoms with Gasteiger partial charge in [0.05, 0.1) is 26.5 Å². The molecule has 2 aromatic carbocycles. The number of anilines is 1. The van der Waals surface area contributed by atoms with Crippen LogP contribution in [-0.4, -0.2) is 39.7 Å². The van der Waals surface area contributed by atoms with Crippen LogP contribution in [0.15, 0.2) is 35.3 Å². The second kappa shape index (κ2) is 12.1. The smallest absolute Gasteiger partial charge is 0.243 e. The van der Waals surface area contributed by atoms with Gasteiger partial charge in [0.1, 0.15) is 11.5 Å². The maximum Gasteiger partial charge on any atom is 0.243 e. The van der Waals surface area contributed by atoms with Crippen molar-refractivity contribution in [3.8, 4) is 11.5 Å². The van der Waals surface area contributed by atoms with Gasteiger partial charge >= 0.3 is 0 Å². The zero-order valence-corrected chi connectivity index (χ0v) is 18.8. The number of nitrogens with one attached hydrogen (secondary N) is 3. The van der Waals surface area contributed by atoms with Crippen molar-refractivity contribution in [1.29, 1.82) is 0 Å². The molecule has 0 unspecified atom stereocenters. The number of hydrogen-bond acceptors (Lipinski definition) is 4. The molecule has 7 nitrogen and oxygen atoms in total. The fourth-order valence-electron chi connectivity index (χ4n) is 2.38. The fourth-order valence-corrected chi connectivity index (χ4v) is 2.38. The average molecular weight is 538 g/mol. The monoisotopic (exact) mass is 538 g/mol. The summed E-state index contributed by atoms with van der Waals surface area (Å²) >= 11 is 0. The number of aliphatic imine (C=N–C) groups is 1. The molecule has 0 fully saturated rings. The number of nitrogens with zero attached hydrogens (tertiary/aromatic N) is 1. The van der Waals surface area contributed by atoms with Crippen LogP contribution in [0.1, 0.15) is 5.56 Å². The average Bonchev–Trinajstić information content (AvgIpc) is 2.74. The van der Waals surface area contributed by atoms with Gasteiger partial charge < -0.3 is 25.4 Å². The quantitative estimate of drug-likeness (QED) is 0.219. The molecule has 0 spiro atoms. The van der Waals surface area contributed by atoms with E-state index in [4.69, 9.17) is 9.47 Å². The molecule has 0 atom stereocenters. The Kier molecular flexibility index (Phi) is 10.2. The van der Waals surface area contributed by atoms with Crippen LogP contribution >= 0.6 is 24.0 Å². The highest BCUT2D eigenvalue weighted by Crippen LogP contribution is 2.24. The molecule has 0 aliphatic heterocycles. The highest BCUT2D eigenvalue weighted by molar-refractivity contribution is 14.0. The summed E-state index contributed by atoms with van der Waals surface area (Å²) in [6, 6.07) is 6.99. The molecule has 2 rings (SSSR count). The summed E-state index contributed by atoms with van der Waals surface area (Å²) in [5.41, 5.74) is 0.367. The number of hydrogen-bond donors (Lipinski definition) is 3. The molecule has 0 aliphatic rings. The lowest BCUT2D eigenvalue weighted by Crippen LogP contribution is -2.41. The van der Waals surface area contributed by atoms with Crippen LogP contribution in [0.25, 0.3) is 0 Å². The van der Waals surface area contributed by atoms with Gasteiger partial charge in [-0.15, -0.1) is 24.0 Å². The summed E-state index contributed by atoms with van der Waals surface area (Å²) in [4.78, 5) is 15.9. The first kappa shape index (κ1) is 25.3. The summed E-state index contributed by atoms with van der Waals surface area (Å²) < 4.78 is 50.2. The van der Waals surface area contributed by atoms with Gasteiger partial charge in [-0.05, 0) is 24.3 Å².